The Kier molecular flexibility index (Phi) is 3.16. The van der Waals surface area contributed by atoms with Gasteiger partial charge in [0.25, 0.3) is 5.79 Å². The molecule has 2 rings (SSSR count). The zero-order chi connectivity index (χ0) is 11.8. The Morgan fingerprint density at radius 1 is 1.56 bits per heavy atom. The predicted molar refractivity (Wildman–Crippen MR) is 51.6 cm³/mol. The first kappa shape index (κ1) is 11.8. The topological polar surface area (TPSA) is 74.2 Å². The van der Waals surface area contributed by atoms with Gasteiger partial charge in [-0.1, -0.05) is 0 Å². The number of aliphatic hydroxyl groups excluding tert-OH is 1. The number of esters is 1. The van der Waals surface area contributed by atoms with Crippen molar-refractivity contribution in [3.8, 4) is 0 Å². The molecule has 0 aromatic heterocycles. The van der Waals surface area contributed by atoms with Gasteiger partial charge in [-0.2, -0.15) is 0 Å². The monoisotopic (exact) mass is 232 g/mol. The van der Waals surface area contributed by atoms with Crippen LogP contribution in [-0.2, 0) is 23.7 Å². The summed E-state index contributed by atoms with van der Waals surface area (Å²) in [4.78, 5) is 11.6. The molecule has 2 heterocycles. The molecule has 0 amide bonds. The van der Waals surface area contributed by atoms with Gasteiger partial charge in [0.2, 0.25) is 0 Å². The Bertz CT molecular complexity index is 280. The standard InChI is InChI=1S/C10H16O6/c1-3-13-9(12)10(2)15-5-7-8(16-10)6(11)4-14-7/h6-8,11H,3-5H2,1-2H3/t6-,7+,8+,10-/m1/s1. The van der Waals surface area contributed by atoms with Crippen LogP contribution in [0.5, 0.6) is 0 Å². The molecule has 0 aromatic rings. The van der Waals surface area contributed by atoms with Crippen molar-refractivity contribution in [3.05, 3.63) is 0 Å². The normalized spacial score (nSPS) is 42.8. The molecule has 4 atom stereocenters. The Balaban J connectivity index is 2.05. The average Bonchev–Trinajstić information content (AvgIpc) is 2.61. The van der Waals surface area contributed by atoms with Crippen molar-refractivity contribution in [3.63, 3.8) is 0 Å². The van der Waals surface area contributed by atoms with Crippen LogP contribution >= 0.6 is 0 Å². The average molecular weight is 232 g/mol. The smallest absolute Gasteiger partial charge is 0.366 e. The van der Waals surface area contributed by atoms with Crippen molar-refractivity contribution in [2.45, 2.75) is 37.9 Å². The second-order valence-electron chi connectivity index (χ2n) is 4.00. The fourth-order valence-corrected chi connectivity index (χ4v) is 1.86. The lowest BCUT2D eigenvalue weighted by atomic mass is 10.1. The Hall–Kier alpha value is -0.690. The quantitative estimate of drug-likeness (QED) is 0.643. The molecule has 0 aliphatic carbocycles. The van der Waals surface area contributed by atoms with E-state index in [1.54, 1.807) is 6.92 Å². The summed E-state index contributed by atoms with van der Waals surface area (Å²) in [6.45, 7) is 3.88. The summed E-state index contributed by atoms with van der Waals surface area (Å²) in [7, 11) is 0. The van der Waals surface area contributed by atoms with Crippen LogP contribution in [0, 0.1) is 0 Å². The molecule has 0 radical (unpaired) electrons. The van der Waals surface area contributed by atoms with Crippen LogP contribution in [0.15, 0.2) is 0 Å². The maximum absolute atomic E-state index is 11.6. The van der Waals surface area contributed by atoms with Gasteiger partial charge in [-0.25, -0.2) is 4.79 Å². The molecule has 2 saturated heterocycles. The highest BCUT2D eigenvalue weighted by Crippen LogP contribution is 2.31. The van der Waals surface area contributed by atoms with Crippen molar-refractivity contribution in [2.24, 2.45) is 0 Å². The number of hydrogen-bond acceptors (Lipinski definition) is 6. The molecule has 0 aromatic carbocycles. The zero-order valence-electron chi connectivity index (χ0n) is 9.34. The fourth-order valence-electron chi connectivity index (χ4n) is 1.86. The Labute approximate surface area is 93.4 Å². The van der Waals surface area contributed by atoms with Gasteiger partial charge in [0, 0.05) is 6.92 Å². The highest BCUT2D eigenvalue weighted by atomic mass is 16.8. The van der Waals surface area contributed by atoms with Crippen LogP contribution in [0.3, 0.4) is 0 Å². The summed E-state index contributed by atoms with van der Waals surface area (Å²) >= 11 is 0. The van der Waals surface area contributed by atoms with Gasteiger partial charge < -0.3 is 24.1 Å². The molecule has 6 heteroatoms. The van der Waals surface area contributed by atoms with Gasteiger partial charge in [-0.15, -0.1) is 0 Å². The van der Waals surface area contributed by atoms with Gasteiger partial charge >= 0.3 is 5.97 Å². The SMILES string of the molecule is CCOC(=O)[C@]1(C)OC[C@@H]2OC[C@@H](O)[C@@H]2O1. The van der Waals surface area contributed by atoms with Crippen LogP contribution in [-0.4, -0.2) is 55.0 Å². The van der Waals surface area contributed by atoms with Crippen molar-refractivity contribution >= 4 is 5.97 Å². The first-order valence-electron chi connectivity index (χ1n) is 5.35. The molecule has 92 valence electrons. The van der Waals surface area contributed by atoms with Crippen LogP contribution < -0.4 is 0 Å². The van der Waals surface area contributed by atoms with E-state index < -0.39 is 24.0 Å². The maximum atomic E-state index is 11.6. The van der Waals surface area contributed by atoms with E-state index in [0.29, 0.717) is 0 Å². The first-order chi connectivity index (χ1) is 7.57. The molecule has 0 spiro atoms. The zero-order valence-corrected chi connectivity index (χ0v) is 9.34. The lowest BCUT2D eigenvalue weighted by Gasteiger charge is -2.38. The first-order valence-corrected chi connectivity index (χ1v) is 5.35. The maximum Gasteiger partial charge on any atom is 0.366 e. The summed E-state index contributed by atoms with van der Waals surface area (Å²) in [6.07, 6.45) is -1.55. The van der Waals surface area contributed by atoms with Crippen molar-refractivity contribution in [1.29, 1.82) is 0 Å². The van der Waals surface area contributed by atoms with Gasteiger partial charge in [0.1, 0.15) is 18.3 Å². The molecule has 0 bridgehead atoms. The molecule has 6 nitrogen and oxygen atoms in total. The molecule has 2 fully saturated rings. The molecule has 2 aliphatic rings. The van der Waals surface area contributed by atoms with Crippen molar-refractivity contribution in [2.75, 3.05) is 19.8 Å². The summed E-state index contributed by atoms with van der Waals surface area (Å²) in [6, 6.07) is 0. The number of carbonyl (C=O) groups excluding carboxylic acids is 1. The second kappa shape index (κ2) is 4.29. The second-order valence-corrected chi connectivity index (χ2v) is 4.00. The predicted octanol–water partition coefficient (Wildman–Crippen LogP) is -0.559. The van der Waals surface area contributed by atoms with E-state index in [1.165, 1.54) is 6.92 Å². The van der Waals surface area contributed by atoms with E-state index >= 15 is 0 Å². The minimum Gasteiger partial charge on any atom is -0.462 e. The number of rotatable bonds is 2. The number of hydrogen-bond donors (Lipinski definition) is 1. The molecule has 16 heavy (non-hydrogen) atoms. The van der Waals surface area contributed by atoms with E-state index in [9.17, 15) is 9.90 Å². The molecule has 2 aliphatic heterocycles. The van der Waals surface area contributed by atoms with Crippen LogP contribution in [0.25, 0.3) is 0 Å². The minimum atomic E-state index is -1.44. The van der Waals surface area contributed by atoms with E-state index in [2.05, 4.69) is 0 Å². The summed E-state index contributed by atoms with van der Waals surface area (Å²) in [5.41, 5.74) is 0. The Morgan fingerprint density at radius 2 is 2.31 bits per heavy atom. The highest BCUT2D eigenvalue weighted by Gasteiger charge is 2.51. The van der Waals surface area contributed by atoms with E-state index in [-0.39, 0.29) is 25.9 Å². The lowest BCUT2D eigenvalue weighted by Crippen LogP contribution is -2.55. The summed E-state index contributed by atoms with van der Waals surface area (Å²) < 4.78 is 20.9. The molecule has 0 saturated carbocycles. The summed E-state index contributed by atoms with van der Waals surface area (Å²) in [5, 5.41) is 9.61. The third-order valence-electron chi connectivity index (χ3n) is 2.76. The molecular weight excluding hydrogens is 216 g/mol. The molecule has 1 N–H and O–H groups in total. The summed E-state index contributed by atoms with van der Waals surface area (Å²) in [5.74, 6) is -2.01. The van der Waals surface area contributed by atoms with Gasteiger partial charge in [0.15, 0.2) is 0 Å². The minimum absolute atomic E-state index is 0.206. The van der Waals surface area contributed by atoms with Crippen LogP contribution in [0.1, 0.15) is 13.8 Å². The van der Waals surface area contributed by atoms with Crippen LogP contribution in [0.4, 0.5) is 0 Å². The third-order valence-corrected chi connectivity index (χ3v) is 2.76. The number of ether oxygens (including phenoxy) is 4. The van der Waals surface area contributed by atoms with E-state index in [0.717, 1.165) is 0 Å². The van der Waals surface area contributed by atoms with Crippen molar-refractivity contribution in [1.82, 2.24) is 0 Å². The molecular formula is C10H16O6. The largest absolute Gasteiger partial charge is 0.462 e. The van der Waals surface area contributed by atoms with Crippen molar-refractivity contribution < 1.29 is 28.8 Å². The Morgan fingerprint density at radius 3 is 3.00 bits per heavy atom. The van der Waals surface area contributed by atoms with E-state index in [1.807, 2.05) is 0 Å². The lowest BCUT2D eigenvalue weighted by molar-refractivity contribution is -0.303. The number of aliphatic hydroxyl groups is 1. The number of carbonyl (C=O) groups is 1. The molecule has 0 unspecified atom stereocenters. The van der Waals surface area contributed by atoms with Gasteiger partial charge in [-0.05, 0) is 6.92 Å². The number of fused-ring (bicyclic) bond motifs is 1. The third kappa shape index (κ3) is 1.93. The van der Waals surface area contributed by atoms with Gasteiger partial charge in [0.05, 0.1) is 19.8 Å². The van der Waals surface area contributed by atoms with E-state index in [4.69, 9.17) is 18.9 Å². The van der Waals surface area contributed by atoms with Gasteiger partial charge in [-0.3, -0.25) is 0 Å². The highest BCUT2D eigenvalue weighted by molar-refractivity contribution is 5.77. The fraction of sp³-hybridized carbons (Fsp3) is 0.900. The van der Waals surface area contributed by atoms with Crippen LogP contribution in [0.2, 0.25) is 0 Å².